The van der Waals surface area contributed by atoms with Crippen LogP contribution in [-0.2, 0) is 11.3 Å². The zero-order valence-electron chi connectivity index (χ0n) is 18.1. The van der Waals surface area contributed by atoms with Crippen molar-refractivity contribution in [2.24, 2.45) is 0 Å². The fourth-order valence-electron chi connectivity index (χ4n) is 3.15. The first-order valence-electron chi connectivity index (χ1n) is 10.2. The van der Waals surface area contributed by atoms with Gasteiger partial charge in [0.05, 0.1) is 21.7 Å². The van der Waals surface area contributed by atoms with Crippen LogP contribution in [0.2, 0.25) is 0 Å². The highest BCUT2D eigenvalue weighted by Crippen LogP contribution is 2.26. The van der Waals surface area contributed by atoms with E-state index in [1.807, 2.05) is 36.6 Å². The number of carbonyl (C=O) groups excluding carboxylic acids is 2. The molecule has 0 bridgehead atoms. The number of benzene rings is 3. The van der Waals surface area contributed by atoms with Crippen molar-refractivity contribution >= 4 is 34.0 Å². The van der Waals surface area contributed by atoms with Crippen LogP contribution in [0.15, 0.2) is 78.2 Å². The van der Waals surface area contributed by atoms with Gasteiger partial charge in [0.2, 0.25) is 0 Å². The molecule has 0 spiro atoms. The smallest absolute Gasteiger partial charge is 0.339 e. The molecule has 0 radical (unpaired) electrons. The highest BCUT2D eigenvalue weighted by molar-refractivity contribution is 7.14. The number of nitro groups is 1. The zero-order chi connectivity index (χ0) is 24.1. The van der Waals surface area contributed by atoms with Gasteiger partial charge in [0.25, 0.3) is 11.6 Å². The lowest BCUT2D eigenvalue weighted by molar-refractivity contribution is -0.384. The molecule has 1 N–H and O–H groups in total. The highest BCUT2D eigenvalue weighted by Gasteiger charge is 2.19. The molecule has 4 aromatic rings. The summed E-state index contributed by atoms with van der Waals surface area (Å²) in [6.45, 7) is 1.92. The number of non-ortho nitro benzene ring substituents is 1. The van der Waals surface area contributed by atoms with Gasteiger partial charge in [-0.3, -0.25) is 20.2 Å². The van der Waals surface area contributed by atoms with Gasteiger partial charge in [-0.15, -0.1) is 11.3 Å². The lowest BCUT2D eigenvalue weighted by Gasteiger charge is -2.09. The van der Waals surface area contributed by atoms with E-state index in [0.717, 1.165) is 16.8 Å². The van der Waals surface area contributed by atoms with Gasteiger partial charge in [0.1, 0.15) is 6.61 Å². The first kappa shape index (κ1) is 22.8. The predicted molar refractivity (Wildman–Crippen MR) is 129 cm³/mol. The van der Waals surface area contributed by atoms with Crippen LogP contribution in [0.5, 0.6) is 0 Å². The number of nitro benzene ring substituents is 1. The Morgan fingerprint density at radius 3 is 2.35 bits per heavy atom. The van der Waals surface area contributed by atoms with Crippen LogP contribution >= 0.6 is 11.3 Å². The third-order valence-corrected chi connectivity index (χ3v) is 5.74. The van der Waals surface area contributed by atoms with E-state index in [9.17, 15) is 19.7 Å². The number of nitrogens with zero attached hydrogens (tertiary/aromatic N) is 2. The lowest BCUT2D eigenvalue weighted by Crippen LogP contribution is -2.17. The van der Waals surface area contributed by atoms with Crippen molar-refractivity contribution in [3.05, 3.63) is 111 Å². The average molecular weight is 474 g/mol. The first-order valence-corrected chi connectivity index (χ1v) is 11.1. The molecule has 0 saturated heterocycles. The molecule has 0 atom stereocenters. The van der Waals surface area contributed by atoms with E-state index in [2.05, 4.69) is 10.3 Å². The third kappa shape index (κ3) is 5.33. The number of aryl methyl sites for hydroxylation is 1. The molecule has 0 aliphatic carbocycles. The maximum atomic E-state index is 12.9. The average Bonchev–Trinajstić information content (AvgIpc) is 3.31. The molecule has 0 unspecified atom stereocenters. The van der Waals surface area contributed by atoms with E-state index < -0.39 is 16.8 Å². The van der Waals surface area contributed by atoms with Crippen LogP contribution in [0.3, 0.4) is 0 Å². The van der Waals surface area contributed by atoms with E-state index in [1.165, 1.54) is 47.7 Å². The van der Waals surface area contributed by atoms with E-state index in [4.69, 9.17) is 4.74 Å². The predicted octanol–water partition coefficient (Wildman–Crippen LogP) is 5.64. The van der Waals surface area contributed by atoms with Gasteiger partial charge < -0.3 is 4.74 Å². The van der Waals surface area contributed by atoms with Crippen molar-refractivity contribution in [3.63, 3.8) is 0 Å². The Labute approximate surface area is 199 Å². The summed E-state index contributed by atoms with van der Waals surface area (Å²) in [7, 11) is 0. The Kier molecular flexibility index (Phi) is 6.74. The first-order chi connectivity index (χ1) is 16.4. The number of hydrogen-bond donors (Lipinski definition) is 1. The Balaban J connectivity index is 1.44. The SMILES string of the molecule is Cc1ccc(-c2csc(NC(=O)c3ccccc3C(=O)OCc3ccc([N+](=O)[O-])cc3)n2)cc1. The van der Waals surface area contributed by atoms with Crippen LogP contribution in [0.4, 0.5) is 10.8 Å². The summed E-state index contributed by atoms with van der Waals surface area (Å²) in [5.41, 5.74) is 3.64. The third-order valence-electron chi connectivity index (χ3n) is 4.98. The van der Waals surface area contributed by atoms with Gasteiger partial charge in [-0.2, -0.15) is 0 Å². The lowest BCUT2D eigenvalue weighted by atomic mass is 10.1. The summed E-state index contributed by atoms with van der Waals surface area (Å²) >= 11 is 1.29. The Bertz CT molecular complexity index is 1350. The number of carbonyl (C=O) groups is 2. The molecular weight excluding hydrogens is 454 g/mol. The minimum atomic E-state index is -0.677. The van der Waals surface area contributed by atoms with Crippen LogP contribution in [0.1, 0.15) is 31.8 Å². The Morgan fingerprint density at radius 2 is 1.68 bits per heavy atom. The van der Waals surface area contributed by atoms with Gasteiger partial charge in [-0.25, -0.2) is 9.78 Å². The number of ether oxygens (including phenoxy) is 1. The van der Waals surface area contributed by atoms with Crippen LogP contribution in [-0.4, -0.2) is 21.8 Å². The van der Waals surface area contributed by atoms with Crippen molar-refractivity contribution in [1.82, 2.24) is 4.98 Å². The number of hydrogen-bond acceptors (Lipinski definition) is 7. The second-order valence-electron chi connectivity index (χ2n) is 7.40. The molecule has 170 valence electrons. The van der Waals surface area contributed by atoms with Crippen LogP contribution in [0.25, 0.3) is 11.3 Å². The molecule has 3 aromatic carbocycles. The number of rotatable bonds is 7. The molecule has 34 heavy (non-hydrogen) atoms. The zero-order valence-corrected chi connectivity index (χ0v) is 18.9. The summed E-state index contributed by atoms with van der Waals surface area (Å²) in [6.07, 6.45) is 0. The fraction of sp³-hybridized carbons (Fsp3) is 0.0800. The number of nitrogens with one attached hydrogen (secondary N) is 1. The molecule has 9 heteroatoms. The molecule has 8 nitrogen and oxygen atoms in total. The number of aromatic nitrogens is 1. The topological polar surface area (TPSA) is 111 Å². The van der Waals surface area contributed by atoms with Gasteiger partial charge in [-0.05, 0) is 36.8 Å². The summed E-state index contributed by atoms with van der Waals surface area (Å²) < 4.78 is 5.33. The van der Waals surface area contributed by atoms with E-state index in [0.29, 0.717) is 10.7 Å². The summed E-state index contributed by atoms with van der Waals surface area (Å²) in [5, 5.41) is 15.8. The molecule has 0 fully saturated rings. The number of amides is 1. The number of esters is 1. The summed E-state index contributed by atoms with van der Waals surface area (Å²) in [6, 6.07) is 19.9. The molecule has 1 aromatic heterocycles. The minimum Gasteiger partial charge on any atom is -0.457 e. The van der Waals surface area contributed by atoms with E-state index >= 15 is 0 Å². The van der Waals surface area contributed by atoms with Gasteiger partial charge in [0, 0.05) is 23.1 Å². The van der Waals surface area contributed by atoms with Crippen molar-refractivity contribution in [2.75, 3.05) is 5.32 Å². The maximum Gasteiger partial charge on any atom is 0.339 e. The highest BCUT2D eigenvalue weighted by atomic mass is 32.1. The Hall–Kier alpha value is -4.37. The second-order valence-corrected chi connectivity index (χ2v) is 8.26. The Morgan fingerprint density at radius 1 is 1.00 bits per heavy atom. The minimum absolute atomic E-state index is 0.0511. The standard InChI is InChI=1S/C25H19N3O5S/c1-16-6-10-18(11-7-16)22-15-34-25(26-22)27-23(29)20-4-2-3-5-21(20)24(30)33-14-17-8-12-19(13-9-17)28(31)32/h2-13,15H,14H2,1H3,(H,26,27,29). The summed E-state index contributed by atoms with van der Waals surface area (Å²) in [4.78, 5) is 40.3. The molecular formula is C25H19N3O5S. The van der Waals surface area contributed by atoms with Gasteiger partial charge in [-0.1, -0.05) is 42.0 Å². The van der Waals surface area contributed by atoms with Crippen molar-refractivity contribution < 1.29 is 19.2 Å². The van der Waals surface area contributed by atoms with Crippen molar-refractivity contribution in [1.29, 1.82) is 0 Å². The van der Waals surface area contributed by atoms with Gasteiger partial charge >= 0.3 is 5.97 Å². The van der Waals surface area contributed by atoms with Crippen LogP contribution in [0, 0.1) is 17.0 Å². The number of anilines is 1. The molecule has 1 heterocycles. The largest absolute Gasteiger partial charge is 0.457 e. The monoisotopic (exact) mass is 473 g/mol. The molecule has 0 aliphatic rings. The van der Waals surface area contributed by atoms with Crippen LogP contribution < -0.4 is 5.32 Å². The normalized spacial score (nSPS) is 10.5. The van der Waals surface area contributed by atoms with Gasteiger partial charge in [0.15, 0.2) is 5.13 Å². The molecule has 0 aliphatic heterocycles. The molecule has 0 saturated carbocycles. The van der Waals surface area contributed by atoms with Crippen molar-refractivity contribution in [2.45, 2.75) is 13.5 Å². The molecule has 1 amide bonds. The quantitative estimate of drug-likeness (QED) is 0.211. The fourth-order valence-corrected chi connectivity index (χ4v) is 3.87. The second kappa shape index (κ2) is 10.1. The van der Waals surface area contributed by atoms with Crippen molar-refractivity contribution in [3.8, 4) is 11.3 Å². The summed E-state index contributed by atoms with van der Waals surface area (Å²) in [5.74, 6) is -1.16. The number of thiazole rings is 1. The maximum absolute atomic E-state index is 12.9. The van der Waals surface area contributed by atoms with E-state index in [1.54, 1.807) is 12.1 Å². The molecule has 4 rings (SSSR count). The van der Waals surface area contributed by atoms with E-state index in [-0.39, 0.29) is 23.4 Å².